The van der Waals surface area contributed by atoms with Gasteiger partial charge in [-0.2, -0.15) is 0 Å². The van der Waals surface area contributed by atoms with E-state index in [0.717, 1.165) is 16.7 Å². The molecule has 168 valence electrons. The third-order valence-electron chi connectivity index (χ3n) is 5.48. The van der Waals surface area contributed by atoms with Crippen molar-refractivity contribution in [3.8, 4) is 16.9 Å². The van der Waals surface area contributed by atoms with Crippen molar-refractivity contribution in [2.24, 2.45) is 0 Å². The summed E-state index contributed by atoms with van der Waals surface area (Å²) in [6.07, 6.45) is 2.40. The first kappa shape index (κ1) is 24.5. The molecule has 34 heavy (non-hydrogen) atoms. The summed E-state index contributed by atoms with van der Waals surface area (Å²) in [7, 11) is -4.91. The number of amides is 1. The van der Waals surface area contributed by atoms with Crippen molar-refractivity contribution in [2.75, 3.05) is 11.5 Å². The Balaban J connectivity index is 0.00000274. The zero-order valence-corrected chi connectivity index (χ0v) is 20.8. The van der Waals surface area contributed by atoms with Gasteiger partial charge in [-0.05, 0) is 41.8 Å². The van der Waals surface area contributed by atoms with Crippen molar-refractivity contribution in [2.45, 2.75) is 25.1 Å². The number of phosphoric acid groups is 1. The predicted octanol–water partition coefficient (Wildman–Crippen LogP) is -1.52. The standard InChI is InChI=1S/C20H17N6O6P.Na/c1-21-9-15-10-25(24-23-15)19-5-3-13(8-22-19)12-2-4-16-14(6-12)7-17-18(11-31-33(28,29)30)32-20(27)26(16)17;/h2-6,8,10,17-18H,7,9,11H2,(H2,28,29,30);/q;+1/p-1/t17-,18-;/m0./s1. The fourth-order valence-electron chi connectivity index (χ4n) is 4.02. The van der Waals surface area contributed by atoms with Crippen molar-refractivity contribution in [3.63, 3.8) is 0 Å². The number of hydrogen-bond donors (Lipinski definition) is 1. The van der Waals surface area contributed by atoms with Gasteiger partial charge in [0.1, 0.15) is 6.10 Å². The number of carbonyl (C=O) groups is 1. The molecule has 0 bridgehead atoms. The van der Waals surface area contributed by atoms with Crippen LogP contribution in [-0.2, 0) is 26.8 Å². The molecule has 1 saturated heterocycles. The molecule has 1 aromatic carbocycles. The first-order valence-corrected chi connectivity index (χ1v) is 11.3. The van der Waals surface area contributed by atoms with Crippen molar-refractivity contribution in [3.05, 3.63) is 65.4 Å². The minimum Gasteiger partial charge on any atom is -0.756 e. The van der Waals surface area contributed by atoms with Crippen molar-refractivity contribution in [1.29, 1.82) is 0 Å². The van der Waals surface area contributed by atoms with Gasteiger partial charge in [0, 0.05) is 11.8 Å². The molecule has 1 unspecified atom stereocenters. The van der Waals surface area contributed by atoms with E-state index in [4.69, 9.17) is 16.2 Å². The number of anilines is 1. The zero-order chi connectivity index (χ0) is 23.2. The monoisotopic (exact) mass is 490 g/mol. The van der Waals surface area contributed by atoms with Crippen LogP contribution in [0.4, 0.5) is 10.5 Å². The Bertz CT molecular complexity index is 1320. The number of cyclic esters (lactones) is 1. The van der Waals surface area contributed by atoms with Gasteiger partial charge < -0.3 is 23.9 Å². The number of phosphoric ester groups is 1. The third-order valence-corrected chi connectivity index (χ3v) is 5.95. The van der Waals surface area contributed by atoms with Crippen molar-refractivity contribution in [1.82, 2.24) is 20.0 Å². The second-order valence-corrected chi connectivity index (χ2v) is 8.74. The Labute approximate surface area is 215 Å². The molecule has 2 aliphatic rings. The van der Waals surface area contributed by atoms with Crippen LogP contribution in [0.1, 0.15) is 11.3 Å². The number of carbonyl (C=O) groups excluding carboxylic acids is 1. The normalized spacial score (nSPS) is 20.0. The second-order valence-electron chi connectivity index (χ2n) is 7.55. The number of nitrogens with zero attached hydrogens (tertiary/aromatic N) is 6. The molecule has 0 radical (unpaired) electrons. The van der Waals surface area contributed by atoms with Gasteiger partial charge in [0.25, 0.3) is 14.4 Å². The van der Waals surface area contributed by atoms with E-state index in [1.54, 1.807) is 18.5 Å². The predicted molar refractivity (Wildman–Crippen MR) is 111 cm³/mol. The largest absolute Gasteiger partial charge is 1.00 e. The Kier molecular flexibility index (Phi) is 6.89. The molecule has 0 saturated carbocycles. The maximum absolute atomic E-state index is 12.3. The summed E-state index contributed by atoms with van der Waals surface area (Å²) in [5, 5.41) is 7.91. The van der Waals surface area contributed by atoms with E-state index < -0.39 is 32.7 Å². The Morgan fingerprint density at radius 1 is 1.32 bits per heavy atom. The molecule has 1 N–H and O–H groups in total. The first-order valence-electron chi connectivity index (χ1n) is 9.85. The van der Waals surface area contributed by atoms with E-state index in [1.165, 1.54) is 9.58 Å². The smallest absolute Gasteiger partial charge is 0.756 e. The summed E-state index contributed by atoms with van der Waals surface area (Å²) in [5.74, 6) is 0.564. The van der Waals surface area contributed by atoms with Crippen LogP contribution in [0.25, 0.3) is 21.8 Å². The first-order chi connectivity index (χ1) is 15.8. The summed E-state index contributed by atoms with van der Waals surface area (Å²) in [5.41, 5.74) is 3.89. The van der Waals surface area contributed by atoms with Crippen molar-refractivity contribution >= 4 is 19.6 Å². The van der Waals surface area contributed by atoms with E-state index in [2.05, 4.69) is 24.7 Å². The Hall–Kier alpha value is -2.62. The van der Waals surface area contributed by atoms with E-state index in [9.17, 15) is 14.3 Å². The van der Waals surface area contributed by atoms with Crippen LogP contribution in [0.3, 0.4) is 0 Å². The number of aromatic nitrogens is 4. The summed E-state index contributed by atoms with van der Waals surface area (Å²) in [6, 6.07) is 8.86. The second kappa shape index (κ2) is 9.56. The SMILES string of the molecule is [C-]#[N+]Cc1cn(-c2ccc(-c3ccc4c(c3)C[C@H]3[C@H](COP(=O)([O-])O)OC(=O)N43)cn2)nn1.[Na+]. The maximum Gasteiger partial charge on any atom is 1.00 e. The molecule has 3 atom stereocenters. The zero-order valence-electron chi connectivity index (χ0n) is 17.9. The molecule has 3 aromatic rings. The Morgan fingerprint density at radius 2 is 2.12 bits per heavy atom. The molecule has 5 rings (SSSR count). The molecule has 0 aliphatic carbocycles. The van der Waals surface area contributed by atoms with Gasteiger partial charge in [-0.1, -0.05) is 11.3 Å². The van der Waals surface area contributed by atoms with E-state index in [1.807, 2.05) is 24.3 Å². The molecule has 12 nitrogen and oxygen atoms in total. The number of ether oxygens (including phenoxy) is 1. The summed E-state index contributed by atoms with van der Waals surface area (Å²) < 4.78 is 22.1. The van der Waals surface area contributed by atoms with Crippen LogP contribution in [0.15, 0.2) is 42.7 Å². The van der Waals surface area contributed by atoms with Gasteiger partial charge in [-0.25, -0.2) is 21.0 Å². The van der Waals surface area contributed by atoms with Gasteiger partial charge in [0.05, 0.1) is 24.5 Å². The van der Waals surface area contributed by atoms with Gasteiger partial charge in [-0.15, -0.1) is 5.10 Å². The minimum absolute atomic E-state index is 0. The molecule has 14 heteroatoms. The summed E-state index contributed by atoms with van der Waals surface area (Å²) in [4.78, 5) is 41.2. The van der Waals surface area contributed by atoms with Gasteiger partial charge in [0.2, 0.25) is 0 Å². The molecular weight excluding hydrogens is 474 g/mol. The summed E-state index contributed by atoms with van der Waals surface area (Å²) >= 11 is 0. The number of hydrogen-bond acceptors (Lipinski definition) is 8. The third kappa shape index (κ3) is 4.78. The molecule has 0 spiro atoms. The van der Waals surface area contributed by atoms with Crippen LogP contribution in [0, 0.1) is 6.57 Å². The van der Waals surface area contributed by atoms with Crippen molar-refractivity contribution < 1.29 is 58.0 Å². The number of pyridine rings is 1. The van der Waals surface area contributed by atoms with E-state index in [-0.39, 0.29) is 36.1 Å². The number of rotatable bonds is 6. The quantitative estimate of drug-likeness (QED) is 0.247. The molecule has 2 aliphatic heterocycles. The van der Waals surface area contributed by atoms with Crippen LogP contribution >= 0.6 is 7.82 Å². The fraction of sp³-hybridized carbons (Fsp3) is 0.250. The molecule has 1 fully saturated rings. The summed E-state index contributed by atoms with van der Waals surface area (Å²) in [6.45, 7) is 6.61. The average molecular weight is 490 g/mol. The number of benzene rings is 1. The fourth-order valence-corrected chi connectivity index (χ4v) is 4.36. The number of fused-ring (bicyclic) bond motifs is 3. The van der Waals surface area contributed by atoms with E-state index in [0.29, 0.717) is 23.6 Å². The molecule has 1 amide bonds. The molecule has 4 heterocycles. The average Bonchev–Trinajstić information content (AvgIpc) is 3.47. The van der Waals surface area contributed by atoms with Crippen LogP contribution in [-0.4, -0.2) is 49.7 Å². The van der Waals surface area contributed by atoms with Crippen LogP contribution in [0.5, 0.6) is 0 Å². The topological polar surface area (TPSA) is 147 Å². The minimum atomic E-state index is -4.91. The molecule has 2 aromatic heterocycles. The van der Waals surface area contributed by atoms with Gasteiger partial charge >= 0.3 is 35.7 Å². The van der Waals surface area contributed by atoms with E-state index >= 15 is 0 Å². The molecular formula is C20H16N6NaO6P. The van der Waals surface area contributed by atoms with Crippen LogP contribution < -0.4 is 39.4 Å². The van der Waals surface area contributed by atoms with Crippen LogP contribution in [0.2, 0.25) is 0 Å². The van der Waals surface area contributed by atoms with Gasteiger partial charge in [-0.3, -0.25) is 9.46 Å². The van der Waals surface area contributed by atoms with Gasteiger partial charge in [0.15, 0.2) is 11.5 Å². The Morgan fingerprint density at radius 3 is 2.82 bits per heavy atom. The maximum atomic E-state index is 12.3.